The Hall–Kier alpha value is -3.16. The summed E-state index contributed by atoms with van der Waals surface area (Å²) >= 11 is 0. The molecule has 0 spiro atoms. The average molecular weight is 412 g/mol. The third-order valence-electron chi connectivity index (χ3n) is 5.27. The number of amides is 1. The number of ether oxygens (including phenoxy) is 1. The van der Waals surface area contributed by atoms with Crippen LogP contribution >= 0.6 is 0 Å². The van der Waals surface area contributed by atoms with Gasteiger partial charge in [0.05, 0.1) is 11.9 Å². The molecule has 3 aromatic rings. The van der Waals surface area contributed by atoms with Crippen LogP contribution in [0.4, 0.5) is 0 Å². The molecule has 1 amide bonds. The van der Waals surface area contributed by atoms with E-state index < -0.39 is 6.10 Å². The van der Waals surface area contributed by atoms with Crippen LogP contribution in [0.15, 0.2) is 27.7 Å². The van der Waals surface area contributed by atoms with E-state index in [4.69, 9.17) is 9.15 Å². The van der Waals surface area contributed by atoms with Crippen LogP contribution in [0.3, 0.4) is 0 Å². The third-order valence-corrected chi connectivity index (χ3v) is 5.27. The molecule has 0 saturated carbocycles. The maximum absolute atomic E-state index is 13.0. The summed E-state index contributed by atoms with van der Waals surface area (Å²) in [7, 11) is 1.71. The van der Waals surface area contributed by atoms with Gasteiger partial charge in [0.25, 0.3) is 5.91 Å². The van der Waals surface area contributed by atoms with Crippen molar-refractivity contribution in [2.24, 2.45) is 0 Å². The summed E-state index contributed by atoms with van der Waals surface area (Å²) in [6.07, 6.45) is 0.929. The highest BCUT2D eigenvalue weighted by molar-refractivity contribution is 5.89. The molecule has 30 heavy (non-hydrogen) atoms. The number of nitrogens with zero attached hydrogens (tertiary/aromatic N) is 4. The van der Waals surface area contributed by atoms with Crippen molar-refractivity contribution in [2.45, 2.75) is 60.2 Å². The molecule has 0 aliphatic carbocycles. The second-order valence-corrected chi connectivity index (χ2v) is 7.98. The van der Waals surface area contributed by atoms with Crippen LogP contribution in [0.1, 0.15) is 49.3 Å². The predicted octanol–water partition coefficient (Wildman–Crippen LogP) is 3.32. The van der Waals surface area contributed by atoms with Gasteiger partial charge in [0.15, 0.2) is 11.9 Å². The van der Waals surface area contributed by atoms with Gasteiger partial charge in [0.1, 0.15) is 17.7 Å². The first-order chi connectivity index (χ1) is 14.1. The van der Waals surface area contributed by atoms with Gasteiger partial charge in [0.2, 0.25) is 0 Å². The molecule has 160 valence electrons. The van der Waals surface area contributed by atoms with E-state index in [1.54, 1.807) is 38.2 Å². The second-order valence-electron chi connectivity index (χ2n) is 7.98. The minimum atomic E-state index is -0.734. The number of hydrogen-bond acceptors (Lipinski definition) is 6. The number of hydrogen-bond donors (Lipinski definition) is 0. The van der Waals surface area contributed by atoms with Gasteiger partial charge in [0, 0.05) is 18.7 Å². The molecule has 0 radical (unpaired) electrons. The molecule has 0 bridgehead atoms. The molecular weight excluding hydrogens is 384 g/mol. The molecule has 3 rings (SSSR count). The van der Waals surface area contributed by atoms with Gasteiger partial charge < -0.3 is 18.6 Å². The first-order valence-corrected chi connectivity index (χ1v) is 9.94. The number of carbonyl (C=O) groups is 1. The Labute approximate surface area is 175 Å². The average Bonchev–Trinajstić information content (AvgIpc) is 3.13. The summed E-state index contributed by atoms with van der Waals surface area (Å²) in [6.45, 7) is 11.6. The highest BCUT2D eigenvalue weighted by Gasteiger charge is 2.23. The molecule has 0 aliphatic rings. The van der Waals surface area contributed by atoms with E-state index in [2.05, 4.69) is 10.2 Å². The van der Waals surface area contributed by atoms with Crippen molar-refractivity contribution in [1.82, 2.24) is 19.7 Å². The third kappa shape index (κ3) is 4.08. The summed E-state index contributed by atoms with van der Waals surface area (Å²) in [5.74, 6) is 1.05. The van der Waals surface area contributed by atoms with Gasteiger partial charge in [-0.05, 0) is 64.8 Å². The maximum Gasteiger partial charge on any atom is 0.339 e. The van der Waals surface area contributed by atoms with Gasteiger partial charge >= 0.3 is 5.63 Å². The van der Waals surface area contributed by atoms with Crippen molar-refractivity contribution >= 4 is 16.9 Å². The fraction of sp³-hybridized carbons (Fsp3) is 0.455. The van der Waals surface area contributed by atoms with Crippen LogP contribution in [0, 0.1) is 20.8 Å². The molecule has 1 unspecified atom stereocenters. The van der Waals surface area contributed by atoms with E-state index in [0.29, 0.717) is 34.7 Å². The number of carbonyl (C=O) groups excluding carboxylic acids is 1. The largest absolute Gasteiger partial charge is 0.480 e. The van der Waals surface area contributed by atoms with Crippen molar-refractivity contribution in [1.29, 1.82) is 0 Å². The molecule has 2 heterocycles. The first kappa shape index (κ1) is 21.5. The standard InChI is InChI=1S/C22H28N4O4/c1-12(2)26-11-23-24-19(26)10-25(7)21(27)16(6)29-17-8-13(3)9-18-20(17)14(4)15(5)22(28)30-18/h8-9,11-12,16H,10H2,1-7H3. The van der Waals surface area contributed by atoms with Gasteiger partial charge in [-0.25, -0.2) is 4.79 Å². The lowest BCUT2D eigenvalue weighted by Crippen LogP contribution is -2.38. The van der Waals surface area contributed by atoms with E-state index >= 15 is 0 Å². The van der Waals surface area contributed by atoms with Crippen molar-refractivity contribution < 1.29 is 13.9 Å². The molecule has 8 nitrogen and oxygen atoms in total. The molecule has 0 saturated heterocycles. The van der Waals surface area contributed by atoms with E-state index in [1.807, 2.05) is 38.3 Å². The zero-order valence-electron chi connectivity index (χ0n) is 18.5. The number of fused-ring (bicyclic) bond motifs is 1. The highest BCUT2D eigenvalue weighted by atomic mass is 16.5. The van der Waals surface area contributed by atoms with E-state index in [0.717, 1.165) is 11.1 Å². The Morgan fingerprint density at radius 3 is 2.57 bits per heavy atom. The summed E-state index contributed by atoms with van der Waals surface area (Å²) < 4.78 is 13.4. The lowest BCUT2D eigenvalue weighted by Gasteiger charge is -2.23. The smallest absolute Gasteiger partial charge is 0.339 e. The Morgan fingerprint density at radius 2 is 1.90 bits per heavy atom. The number of benzene rings is 1. The number of likely N-dealkylation sites (N-methyl/N-ethyl adjacent to an activating group) is 1. The maximum atomic E-state index is 13.0. The molecule has 2 aromatic heterocycles. The van der Waals surface area contributed by atoms with Gasteiger partial charge in [-0.1, -0.05) is 0 Å². The summed E-state index contributed by atoms with van der Waals surface area (Å²) in [5, 5.41) is 8.77. The van der Waals surface area contributed by atoms with Crippen LogP contribution in [0.5, 0.6) is 5.75 Å². The SMILES string of the molecule is Cc1cc(OC(C)C(=O)N(C)Cc2nncn2C(C)C)c2c(C)c(C)c(=O)oc2c1. The van der Waals surface area contributed by atoms with Gasteiger partial charge in [-0.2, -0.15) is 0 Å². The van der Waals surface area contributed by atoms with Crippen molar-refractivity contribution in [3.05, 3.63) is 51.4 Å². The number of aryl methyl sites for hydroxylation is 2. The molecule has 1 atom stereocenters. The first-order valence-electron chi connectivity index (χ1n) is 9.94. The lowest BCUT2D eigenvalue weighted by atomic mass is 10.0. The Morgan fingerprint density at radius 1 is 1.20 bits per heavy atom. The fourth-order valence-corrected chi connectivity index (χ4v) is 3.43. The minimum Gasteiger partial charge on any atom is -0.480 e. The Bertz CT molecular complexity index is 1150. The predicted molar refractivity (Wildman–Crippen MR) is 114 cm³/mol. The van der Waals surface area contributed by atoms with Crippen molar-refractivity contribution in [3.63, 3.8) is 0 Å². The zero-order chi connectivity index (χ0) is 22.2. The Kier molecular flexibility index (Phi) is 5.96. The number of rotatable bonds is 6. The monoisotopic (exact) mass is 412 g/mol. The molecular formula is C22H28N4O4. The van der Waals surface area contributed by atoms with Gasteiger partial charge in [-0.15, -0.1) is 10.2 Å². The van der Waals surface area contributed by atoms with Crippen LogP contribution in [-0.2, 0) is 11.3 Å². The van der Waals surface area contributed by atoms with Crippen LogP contribution < -0.4 is 10.4 Å². The molecule has 0 N–H and O–H groups in total. The molecule has 1 aromatic carbocycles. The second kappa shape index (κ2) is 8.30. The van der Waals surface area contributed by atoms with Crippen LogP contribution in [0.2, 0.25) is 0 Å². The summed E-state index contributed by atoms with van der Waals surface area (Å²) in [5.41, 5.74) is 2.28. The van der Waals surface area contributed by atoms with Crippen molar-refractivity contribution in [2.75, 3.05) is 7.05 Å². The van der Waals surface area contributed by atoms with E-state index in [1.165, 1.54) is 0 Å². The molecule has 0 aliphatic heterocycles. The van der Waals surface area contributed by atoms with Crippen molar-refractivity contribution in [3.8, 4) is 5.75 Å². The zero-order valence-corrected chi connectivity index (χ0v) is 18.5. The van der Waals surface area contributed by atoms with Crippen LogP contribution in [-0.4, -0.2) is 38.7 Å². The lowest BCUT2D eigenvalue weighted by molar-refractivity contribution is -0.137. The van der Waals surface area contributed by atoms with Gasteiger partial charge in [-0.3, -0.25) is 4.79 Å². The summed E-state index contributed by atoms with van der Waals surface area (Å²) in [4.78, 5) is 26.6. The molecule has 8 heteroatoms. The van der Waals surface area contributed by atoms with E-state index in [-0.39, 0.29) is 17.6 Å². The van der Waals surface area contributed by atoms with E-state index in [9.17, 15) is 9.59 Å². The Balaban J connectivity index is 1.86. The highest BCUT2D eigenvalue weighted by Crippen LogP contribution is 2.31. The molecule has 0 fully saturated rings. The number of aromatic nitrogens is 3. The quantitative estimate of drug-likeness (QED) is 0.577. The topological polar surface area (TPSA) is 90.5 Å². The minimum absolute atomic E-state index is 0.185. The summed E-state index contributed by atoms with van der Waals surface area (Å²) in [6, 6.07) is 3.85. The fourth-order valence-electron chi connectivity index (χ4n) is 3.43. The normalized spacial score (nSPS) is 12.4. The van der Waals surface area contributed by atoms with Crippen LogP contribution in [0.25, 0.3) is 11.0 Å².